The SMILES string of the molecule is CCCCCCCCCCCCC/C=C/[C@@H](OCc1ccccc1)[C@H](CO)NC(=O)CCCCCCCCCCCCCCC. The highest BCUT2D eigenvalue weighted by atomic mass is 16.5. The van der Waals surface area contributed by atoms with E-state index in [9.17, 15) is 9.90 Å². The summed E-state index contributed by atoms with van der Waals surface area (Å²) in [4.78, 5) is 12.8. The standard InChI is InChI=1S/C41H73NO3/c1-3-5-7-9-11-13-15-17-19-21-23-25-30-34-40(45-37-38-32-28-27-29-33-38)39(36-43)42-41(44)35-31-26-24-22-20-18-16-14-12-10-8-6-4-2/h27-30,32-34,39-40,43H,3-26,31,35-37H2,1-2H3,(H,42,44)/b34-30+/t39-,40+/m0/s1. The molecule has 0 aromatic heterocycles. The monoisotopic (exact) mass is 628 g/mol. The molecule has 0 heterocycles. The minimum Gasteiger partial charge on any atom is -0.394 e. The number of amides is 1. The van der Waals surface area contributed by atoms with Gasteiger partial charge < -0.3 is 15.2 Å². The predicted molar refractivity (Wildman–Crippen MR) is 195 cm³/mol. The van der Waals surface area contributed by atoms with Gasteiger partial charge >= 0.3 is 0 Å². The third kappa shape index (κ3) is 26.1. The third-order valence-corrected chi connectivity index (χ3v) is 9.03. The number of aliphatic hydroxyl groups excluding tert-OH is 1. The van der Waals surface area contributed by atoms with Gasteiger partial charge in [-0.1, -0.05) is 198 Å². The average molecular weight is 628 g/mol. The van der Waals surface area contributed by atoms with Crippen LogP contribution in [0, 0.1) is 0 Å². The molecule has 45 heavy (non-hydrogen) atoms. The number of benzene rings is 1. The van der Waals surface area contributed by atoms with Crippen molar-refractivity contribution in [1.82, 2.24) is 5.32 Å². The maximum atomic E-state index is 12.8. The minimum absolute atomic E-state index is 0.0178. The smallest absolute Gasteiger partial charge is 0.220 e. The molecule has 0 saturated heterocycles. The number of aliphatic hydroxyl groups is 1. The van der Waals surface area contributed by atoms with Crippen LogP contribution in [0.2, 0.25) is 0 Å². The molecule has 0 aliphatic heterocycles. The average Bonchev–Trinajstić information content (AvgIpc) is 3.06. The van der Waals surface area contributed by atoms with Crippen LogP contribution < -0.4 is 5.32 Å². The molecule has 1 amide bonds. The van der Waals surface area contributed by atoms with E-state index in [0.717, 1.165) is 24.8 Å². The Labute approximate surface area is 279 Å². The number of ether oxygens (including phenoxy) is 1. The Morgan fingerprint density at radius 3 is 1.58 bits per heavy atom. The zero-order chi connectivity index (χ0) is 32.5. The van der Waals surface area contributed by atoms with Crippen LogP contribution in [-0.2, 0) is 16.1 Å². The Balaban J connectivity index is 2.30. The molecule has 4 nitrogen and oxygen atoms in total. The quantitative estimate of drug-likeness (QED) is 0.0602. The molecule has 1 rings (SSSR count). The third-order valence-electron chi connectivity index (χ3n) is 9.03. The molecule has 1 aromatic carbocycles. The first-order valence-electron chi connectivity index (χ1n) is 19.4. The number of allylic oxidation sites excluding steroid dienone is 1. The number of carbonyl (C=O) groups excluding carboxylic acids is 1. The van der Waals surface area contributed by atoms with E-state index in [1.807, 2.05) is 30.3 Å². The minimum atomic E-state index is -0.434. The number of hydrogen-bond acceptors (Lipinski definition) is 3. The number of nitrogens with one attached hydrogen (secondary N) is 1. The molecule has 0 radical (unpaired) electrons. The van der Waals surface area contributed by atoms with Gasteiger partial charge in [-0.2, -0.15) is 0 Å². The second-order valence-corrected chi connectivity index (χ2v) is 13.4. The molecular formula is C41H73NO3. The zero-order valence-corrected chi connectivity index (χ0v) is 29.8. The first-order valence-corrected chi connectivity index (χ1v) is 19.4. The van der Waals surface area contributed by atoms with Gasteiger partial charge in [-0.15, -0.1) is 0 Å². The van der Waals surface area contributed by atoms with Crippen molar-refractivity contribution in [2.45, 2.75) is 200 Å². The molecular weight excluding hydrogens is 554 g/mol. The molecule has 2 atom stereocenters. The molecule has 0 aliphatic rings. The van der Waals surface area contributed by atoms with Crippen molar-refractivity contribution in [1.29, 1.82) is 0 Å². The summed E-state index contributed by atoms with van der Waals surface area (Å²) in [5, 5.41) is 13.3. The highest BCUT2D eigenvalue weighted by molar-refractivity contribution is 5.76. The number of carbonyl (C=O) groups is 1. The summed E-state index contributed by atoms with van der Waals surface area (Å²) < 4.78 is 6.25. The largest absolute Gasteiger partial charge is 0.394 e. The van der Waals surface area contributed by atoms with Gasteiger partial charge in [-0.05, 0) is 24.8 Å². The summed E-state index contributed by atoms with van der Waals surface area (Å²) >= 11 is 0. The number of rotatable bonds is 33. The van der Waals surface area contributed by atoms with Crippen LogP contribution in [0.4, 0.5) is 0 Å². The first-order chi connectivity index (χ1) is 22.2. The highest BCUT2D eigenvalue weighted by Gasteiger charge is 2.21. The Morgan fingerprint density at radius 2 is 1.11 bits per heavy atom. The Morgan fingerprint density at radius 1 is 0.667 bits per heavy atom. The first kappa shape index (κ1) is 41.4. The highest BCUT2D eigenvalue weighted by Crippen LogP contribution is 2.15. The Kier molecular flexibility index (Phi) is 29.7. The van der Waals surface area contributed by atoms with Gasteiger partial charge in [0.05, 0.1) is 25.4 Å². The topological polar surface area (TPSA) is 58.6 Å². The lowest BCUT2D eigenvalue weighted by Gasteiger charge is -2.25. The summed E-state index contributed by atoms with van der Waals surface area (Å²) in [6.45, 7) is 4.88. The van der Waals surface area contributed by atoms with Crippen molar-refractivity contribution in [3.8, 4) is 0 Å². The van der Waals surface area contributed by atoms with Crippen LogP contribution in [0.5, 0.6) is 0 Å². The van der Waals surface area contributed by atoms with E-state index < -0.39 is 6.04 Å². The molecule has 1 aromatic rings. The lowest BCUT2D eigenvalue weighted by atomic mass is 10.0. The summed E-state index contributed by atoms with van der Waals surface area (Å²) in [5.74, 6) is 0.0178. The zero-order valence-electron chi connectivity index (χ0n) is 29.8. The van der Waals surface area contributed by atoms with Crippen LogP contribution in [-0.4, -0.2) is 29.8 Å². The van der Waals surface area contributed by atoms with Crippen molar-refractivity contribution in [2.75, 3.05) is 6.61 Å². The van der Waals surface area contributed by atoms with Gasteiger partial charge in [-0.3, -0.25) is 4.79 Å². The molecule has 0 aliphatic carbocycles. The van der Waals surface area contributed by atoms with Gasteiger partial charge in [0, 0.05) is 6.42 Å². The normalized spacial score (nSPS) is 13.0. The number of hydrogen-bond donors (Lipinski definition) is 2. The Hall–Kier alpha value is -1.65. The molecule has 0 unspecified atom stereocenters. The van der Waals surface area contributed by atoms with E-state index in [2.05, 4.69) is 31.3 Å². The second kappa shape index (κ2) is 32.3. The second-order valence-electron chi connectivity index (χ2n) is 13.4. The van der Waals surface area contributed by atoms with E-state index >= 15 is 0 Å². The summed E-state index contributed by atoms with van der Waals surface area (Å²) in [5.41, 5.74) is 1.09. The van der Waals surface area contributed by atoms with Crippen molar-refractivity contribution in [2.24, 2.45) is 0 Å². The molecule has 0 bridgehead atoms. The maximum Gasteiger partial charge on any atom is 0.220 e. The maximum absolute atomic E-state index is 12.8. The van der Waals surface area contributed by atoms with E-state index in [1.54, 1.807) is 0 Å². The van der Waals surface area contributed by atoms with E-state index in [0.29, 0.717) is 13.0 Å². The van der Waals surface area contributed by atoms with E-state index in [1.165, 1.54) is 141 Å². The molecule has 260 valence electrons. The van der Waals surface area contributed by atoms with Crippen molar-refractivity contribution >= 4 is 5.91 Å². The van der Waals surface area contributed by atoms with Gasteiger partial charge in [0.25, 0.3) is 0 Å². The summed E-state index contributed by atoms with van der Waals surface area (Å²) in [6, 6.07) is 9.69. The summed E-state index contributed by atoms with van der Waals surface area (Å²) in [7, 11) is 0. The molecule has 0 saturated carbocycles. The van der Waals surface area contributed by atoms with Gasteiger partial charge in [-0.25, -0.2) is 0 Å². The molecule has 0 fully saturated rings. The van der Waals surface area contributed by atoms with Crippen LogP contribution in [0.3, 0.4) is 0 Å². The molecule has 2 N–H and O–H groups in total. The Bertz CT molecular complexity index is 780. The summed E-state index contributed by atoms with van der Waals surface area (Å²) in [6.07, 6.45) is 37.0. The van der Waals surface area contributed by atoms with Crippen molar-refractivity contribution < 1.29 is 14.6 Å². The molecule has 4 heteroatoms. The fourth-order valence-electron chi connectivity index (χ4n) is 6.04. The van der Waals surface area contributed by atoms with Crippen LogP contribution in [0.15, 0.2) is 42.5 Å². The van der Waals surface area contributed by atoms with Crippen molar-refractivity contribution in [3.05, 3.63) is 48.0 Å². The lowest BCUT2D eigenvalue weighted by molar-refractivity contribution is -0.123. The van der Waals surface area contributed by atoms with Gasteiger partial charge in [0.15, 0.2) is 0 Å². The molecule has 0 spiro atoms. The fraction of sp³-hybridized carbons (Fsp3) is 0.780. The number of unbranched alkanes of at least 4 members (excludes halogenated alkanes) is 23. The lowest BCUT2D eigenvalue weighted by Crippen LogP contribution is -2.46. The van der Waals surface area contributed by atoms with Crippen LogP contribution >= 0.6 is 0 Å². The predicted octanol–water partition coefficient (Wildman–Crippen LogP) is 11.8. The van der Waals surface area contributed by atoms with E-state index in [-0.39, 0.29) is 18.6 Å². The van der Waals surface area contributed by atoms with Crippen LogP contribution in [0.1, 0.15) is 186 Å². The van der Waals surface area contributed by atoms with Gasteiger partial charge in [0.2, 0.25) is 5.91 Å². The fourth-order valence-corrected chi connectivity index (χ4v) is 6.04. The van der Waals surface area contributed by atoms with E-state index in [4.69, 9.17) is 4.74 Å². The van der Waals surface area contributed by atoms with Gasteiger partial charge in [0.1, 0.15) is 0 Å². The van der Waals surface area contributed by atoms with Crippen molar-refractivity contribution in [3.63, 3.8) is 0 Å². The van der Waals surface area contributed by atoms with Crippen LogP contribution in [0.25, 0.3) is 0 Å².